The second-order valence-electron chi connectivity index (χ2n) is 4.01. The predicted molar refractivity (Wildman–Crippen MR) is 69.6 cm³/mol. The van der Waals surface area contributed by atoms with Gasteiger partial charge in [0.25, 0.3) is 5.91 Å². The first kappa shape index (κ1) is 12.6. The van der Waals surface area contributed by atoms with Crippen LogP contribution in [0.15, 0.2) is 31.0 Å². The number of hydrogen-bond acceptors (Lipinski definition) is 4. The van der Waals surface area contributed by atoms with Gasteiger partial charge in [-0.15, -0.1) is 6.58 Å². The van der Waals surface area contributed by atoms with Crippen LogP contribution in [0, 0.1) is 0 Å². The van der Waals surface area contributed by atoms with Gasteiger partial charge in [-0.05, 0) is 12.1 Å². The topological polar surface area (TPSA) is 54.5 Å². The molecule has 1 aliphatic heterocycles. The number of hydrogen-bond donors (Lipinski definition) is 1. The zero-order valence-corrected chi connectivity index (χ0v) is 10.3. The molecule has 18 heavy (non-hydrogen) atoms. The zero-order valence-electron chi connectivity index (χ0n) is 10.3. The van der Waals surface area contributed by atoms with Crippen LogP contribution in [0.5, 0.6) is 0 Å². The third-order valence-electron chi connectivity index (χ3n) is 2.73. The summed E-state index contributed by atoms with van der Waals surface area (Å²) in [5.74, 6) is -0.0337. The maximum absolute atomic E-state index is 12.1. The highest BCUT2D eigenvalue weighted by Crippen LogP contribution is 2.09. The van der Waals surface area contributed by atoms with Crippen molar-refractivity contribution in [3.63, 3.8) is 0 Å². The van der Waals surface area contributed by atoms with E-state index in [2.05, 4.69) is 16.9 Å². The largest absolute Gasteiger partial charge is 0.380 e. The van der Waals surface area contributed by atoms with Crippen molar-refractivity contribution in [3.8, 4) is 0 Å². The van der Waals surface area contributed by atoms with Gasteiger partial charge in [-0.25, -0.2) is 4.98 Å². The quantitative estimate of drug-likeness (QED) is 0.811. The van der Waals surface area contributed by atoms with Crippen molar-refractivity contribution >= 4 is 11.6 Å². The molecule has 0 aromatic carbocycles. The Kier molecular flexibility index (Phi) is 4.30. The molecule has 0 radical (unpaired) electrons. The van der Waals surface area contributed by atoms with Crippen molar-refractivity contribution in [2.45, 2.75) is 0 Å². The van der Waals surface area contributed by atoms with Crippen LogP contribution in [0.3, 0.4) is 0 Å². The number of anilines is 1. The molecule has 2 heterocycles. The number of morpholine rings is 1. The molecule has 0 saturated carbocycles. The summed E-state index contributed by atoms with van der Waals surface area (Å²) in [4.78, 5) is 18.0. The van der Waals surface area contributed by atoms with E-state index in [-0.39, 0.29) is 5.91 Å². The number of pyridine rings is 1. The number of rotatable bonds is 4. The van der Waals surface area contributed by atoms with E-state index < -0.39 is 0 Å². The summed E-state index contributed by atoms with van der Waals surface area (Å²) in [6.45, 7) is 6.78. The van der Waals surface area contributed by atoms with Crippen LogP contribution in [0.4, 0.5) is 5.69 Å². The van der Waals surface area contributed by atoms with Crippen LogP contribution in [-0.2, 0) is 4.74 Å². The minimum Gasteiger partial charge on any atom is -0.380 e. The summed E-state index contributed by atoms with van der Waals surface area (Å²) in [5, 5.41) is 3.11. The van der Waals surface area contributed by atoms with Crippen molar-refractivity contribution in [2.75, 3.05) is 38.2 Å². The van der Waals surface area contributed by atoms with E-state index in [1.54, 1.807) is 23.2 Å². The number of aromatic nitrogens is 1. The van der Waals surface area contributed by atoms with Crippen LogP contribution < -0.4 is 5.32 Å². The Morgan fingerprint density at radius 1 is 1.50 bits per heavy atom. The lowest BCUT2D eigenvalue weighted by molar-refractivity contribution is 0.0299. The molecule has 0 unspecified atom stereocenters. The highest BCUT2D eigenvalue weighted by Gasteiger charge is 2.19. The van der Waals surface area contributed by atoms with Gasteiger partial charge in [0.1, 0.15) is 5.69 Å². The van der Waals surface area contributed by atoms with Gasteiger partial charge in [0.2, 0.25) is 0 Å². The van der Waals surface area contributed by atoms with Gasteiger partial charge in [0, 0.05) is 19.6 Å². The Balaban J connectivity index is 1.99. The Morgan fingerprint density at radius 3 is 2.89 bits per heavy atom. The Morgan fingerprint density at radius 2 is 2.28 bits per heavy atom. The maximum Gasteiger partial charge on any atom is 0.272 e. The van der Waals surface area contributed by atoms with Crippen LogP contribution >= 0.6 is 0 Å². The molecule has 1 saturated heterocycles. The molecule has 96 valence electrons. The highest BCUT2D eigenvalue weighted by molar-refractivity contribution is 5.92. The molecular formula is C13H17N3O2. The molecule has 5 heteroatoms. The summed E-state index contributed by atoms with van der Waals surface area (Å²) in [6, 6.07) is 3.59. The van der Waals surface area contributed by atoms with Gasteiger partial charge < -0.3 is 15.0 Å². The first-order valence-electron chi connectivity index (χ1n) is 5.99. The van der Waals surface area contributed by atoms with Gasteiger partial charge in [0.15, 0.2) is 0 Å². The average molecular weight is 247 g/mol. The summed E-state index contributed by atoms with van der Waals surface area (Å²) in [5.41, 5.74) is 1.36. The van der Waals surface area contributed by atoms with Crippen LogP contribution in [0.1, 0.15) is 10.5 Å². The van der Waals surface area contributed by atoms with Crippen LogP contribution in [-0.4, -0.2) is 48.6 Å². The van der Waals surface area contributed by atoms with Gasteiger partial charge in [-0.3, -0.25) is 4.79 Å². The first-order valence-corrected chi connectivity index (χ1v) is 5.99. The molecule has 1 N–H and O–H groups in total. The molecule has 1 aliphatic rings. The third kappa shape index (κ3) is 3.07. The number of nitrogens with one attached hydrogen (secondary N) is 1. The maximum atomic E-state index is 12.1. The lowest BCUT2D eigenvalue weighted by atomic mass is 10.3. The van der Waals surface area contributed by atoms with E-state index in [0.717, 1.165) is 5.69 Å². The molecule has 0 atom stereocenters. The van der Waals surface area contributed by atoms with E-state index in [1.807, 2.05) is 6.07 Å². The molecular weight excluding hydrogens is 230 g/mol. The molecule has 2 rings (SSSR count). The van der Waals surface area contributed by atoms with Crippen LogP contribution in [0.25, 0.3) is 0 Å². The lowest BCUT2D eigenvalue weighted by Gasteiger charge is -2.26. The second kappa shape index (κ2) is 6.16. The van der Waals surface area contributed by atoms with Crippen molar-refractivity contribution in [1.29, 1.82) is 0 Å². The third-order valence-corrected chi connectivity index (χ3v) is 2.73. The SMILES string of the molecule is C=CCNc1ccc(C(=O)N2CCOCC2)nc1. The van der Waals surface area contributed by atoms with E-state index in [1.165, 1.54) is 0 Å². The molecule has 1 fully saturated rings. The second-order valence-corrected chi connectivity index (χ2v) is 4.01. The highest BCUT2D eigenvalue weighted by atomic mass is 16.5. The van der Waals surface area contributed by atoms with E-state index in [4.69, 9.17) is 4.74 Å². The number of nitrogens with zero attached hydrogens (tertiary/aromatic N) is 2. The van der Waals surface area contributed by atoms with Gasteiger partial charge >= 0.3 is 0 Å². The molecule has 5 nitrogen and oxygen atoms in total. The predicted octanol–water partition coefficient (Wildman–Crippen LogP) is 1.15. The fraction of sp³-hybridized carbons (Fsp3) is 0.385. The fourth-order valence-electron chi connectivity index (χ4n) is 1.74. The van der Waals surface area contributed by atoms with Gasteiger partial charge in [-0.2, -0.15) is 0 Å². The van der Waals surface area contributed by atoms with Crippen molar-refractivity contribution in [1.82, 2.24) is 9.88 Å². The average Bonchev–Trinajstić information content (AvgIpc) is 2.46. The van der Waals surface area contributed by atoms with Gasteiger partial charge in [-0.1, -0.05) is 6.08 Å². The number of carbonyl (C=O) groups excluding carboxylic acids is 1. The molecule has 1 aromatic rings. The van der Waals surface area contributed by atoms with Gasteiger partial charge in [0.05, 0.1) is 25.1 Å². The van der Waals surface area contributed by atoms with Crippen molar-refractivity contribution in [2.24, 2.45) is 0 Å². The first-order chi connectivity index (χ1) is 8.81. The zero-order chi connectivity index (χ0) is 12.8. The standard InChI is InChI=1S/C13H17N3O2/c1-2-5-14-11-3-4-12(15-10-11)13(17)16-6-8-18-9-7-16/h2-4,10,14H,1,5-9H2. The summed E-state index contributed by atoms with van der Waals surface area (Å²) in [7, 11) is 0. The van der Waals surface area contributed by atoms with E-state index in [9.17, 15) is 4.79 Å². The molecule has 1 amide bonds. The van der Waals surface area contributed by atoms with E-state index >= 15 is 0 Å². The fourth-order valence-corrected chi connectivity index (χ4v) is 1.74. The molecule has 0 bridgehead atoms. The molecule has 0 aliphatic carbocycles. The summed E-state index contributed by atoms with van der Waals surface area (Å²) >= 11 is 0. The van der Waals surface area contributed by atoms with Crippen molar-refractivity contribution in [3.05, 3.63) is 36.7 Å². The monoisotopic (exact) mass is 247 g/mol. The summed E-state index contributed by atoms with van der Waals surface area (Å²) in [6.07, 6.45) is 3.43. The van der Waals surface area contributed by atoms with E-state index in [0.29, 0.717) is 38.5 Å². The minimum absolute atomic E-state index is 0.0337. The lowest BCUT2D eigenvalue weighted by Crippen LogP contribution is -2.41. The number of carbonyl (C=O) groups is 1. The Bertz CT molecular complexity index is 411. The normalized spacial score (nSPS) is 15.2. The molecule has 1 aromatic heterocycles. The molecule has 0 spiro atoms. The van der Waals surface area contributed by atoms with Crippen LogP contribution in [0.2, 0.25) is 0 Å². The smallest absolute Gasteiger partial charge is 0.272 e. The van der Waals surface area contributed by atoms with Crippen molar-refractivity contribution < 1.29 is 9.53 Å². The number of amides is 1. The number of ether oxygens (including phenoxy) is 1. The minimum atomic E-state index is -0.0337. The Hall–Kier alpha value is -1.88. The summed E-state index contributed by atoms with van der Waals surface area (Å²) < 4.78 is 5.22. The Labute approximate surface area is 106 Å².